The minimum absolute atomic E-state index is 0.0202. The number of pyridine rings is 1. The highest BCUT2D eigenvalue weighted by molar-refractivity contribution is 5.87. The average Bonchev–Trinajstić information content (AvgIpc) is 2.28. The van der Waals surface area contributed by atoms with E-state index < -0.39 is 18.2 Å². The highest BCUT2D eigenvalue weighted by Gasteiger charge is 2.19. The van der Waals surface area contributed by atoms with Crippen molar-refractivity contribution >= 4 is 5.97 Å². The summed E-state index contributed by atoms with van der Waals surface area (Å²) in [4.78, 5) is 14.4. The number of carboxylic acids is 1. The summed E-state index contributed by atoms with van der Waals surface area (Å²) in [6.07, 6.45) is 0.356. The highest BCUT2D eigenvalue weighted by Crippen LogP contribution is 2.16. The Labute approximate surface area is 92.6 Å². The predicted octanol–water partition coefficient (Wildman–Crippen LogP) is -0.607. The molecule has 6 heteroatoms. The van der Waals surface area contributed by atoms with Gasteiger partial charge in [-0.2, -0.15) is 0 Å². The van der Waals surface area contributed by atoms with Crippen LogP contribution >= 0.6 is 0 Å². The maximum absolute atomic E-state index is 10.7. The maximum atomic E-state index is 10.7. The molecule has 2 atom stereocenters. The van der Waals surface area contributed by atoms with Crippen LogP contribution in [-0.2, 0) is 0 Å². The minimum atomic E-state index is -1.15. The first-order chi connectivity index (χ1) is 7.56. The van der Waals surface area contributed by atoms with Gasteiger partial charge in [0.15, 0.2) is 0 Å². The summed E-state index contributed by atoms with van der Waals surface area (Å²) >= 11 is 0. The fraction of sp³-hybridized carbons (Fsp3) is 0.400. The summed E-state index contributed by atoms with van der Waals surface area (Å²) < 4.78 is 0. The van der Waals surface area contributed by atoms with Crippen molar-refractivity contribution in [3.05, 3.63) is 29.6 Å². The fourth-order valence-electron chi connectivity index (χ4n) is 1.28. The van der Waals surface area contributed by atoms with E-state index in [-0.39, 0.29) is 17.7 Å². The summed E-state index contributed by atoms with van der Waals surface area (Å²) in [5.41, 5.74) is 0.260. The number of hydrogen-bond donors (Lipinski definition) is 4. The normalized spacial score (nSPS) is 14.4. The second-order valence-corrected chi connectivity index (χ2v) is 3.38. The lowest BCUT2D eigenvalue weighted by Gasteiger charge is -2.17. The molecule has 6 nitrogen and oxygen atoms in total. The molecule has 0 saturated carbocycles. The molecule has 1 aromatic rings. The van der Waals surface area contributed by atoms with Crippen LogP contribution in [0.15, 0.2) is 18.5 Å². The molecule has 0 radical (unpaired) electrons. The molecule has 0 spiro atoms. The Hall–Kier alpha value is -1.50. The third kappa shape index (κ3) is 2.99. The zero-order valence-corrected chi connectivity index (χ0v) is 8.79. The Morgan fingerprint density at radius 2 is 2.19 bits per heavy atom. The Bertz CT molecular complexity index is 370. The first-order valence-corrected chi connectivity index (χ1v) is 4.75. The Morgan fingerprint density at radius 3 is 2.75 bits per heavy atom. The summed E-state index contributed by atoms with van der Waals surface area (Å²) in [5.74, 6) is -1.12. The number of likely N-dealkylation sites (N-methyl/N-ethyl adjacent to an activating group) is 1. The molecule has 0 amide bonds. The van der Waals surface area contributed by atoms with Gasteiger partial charge in [-0.15, -0.1) is 0 Å². The van der Waals surface area contributed by atoms with Crippen molar-refractivity contribution in [2.24, 2.45) is 0 Å². The largest absolute Gasteiger partial charge is 0.478 e. The third-order valence-corrected chi connectivity index (χ3v) is 2.13. The van der Waals surface area contributed by atoms with Crippen LogP contribution in [0.5, 0.6) is 0 Å². The van der Waals surface area contributed by atoms with Crippen LogP contribution in [0.4, 0.5) is 0 Å². The van der Waals surface area contributed by atoms with E-state index in [2.05, 4.69) is 10.3 Å². The first kappa shape index (κ1) is 12.6. The second-order valence-electron chi connectivity index (χ2n) is 3.38. The molecule has 1 heterocycles. The van der Waals surface area contributed by atoms with Gasteiger partial charge in [0.05, 0.1) is 11.7 Å². The molecule has 0 aliphatic carbocycles. The lowest BCUT2D eigenvalue weighted by Crippen LogP contribution is -2.29. The molecule has 2 unspecified atom stereocenters. The number of aliphatic hydroxyl groups excluding tert-OH is 2. The van der Waals surface area contributed by atoms with Crippen LogP contribution in [0, 0.1) is 0 Å². The second kappa shape index (κ2) is 5.55. The number of aromatic nitrogens is 1. The molecule has 0 fully saturated rings. The van der Waals surface area contributed by atoms with Crippen LogP contribution in [0.2, 0.25) is 0 Å². The average molecular weight is 226 g/mol. The smallest absolute Gasteiger partial charge is 0.337 e. The van der Waals surface area contributed by atoms with Crippen molar-refractivity contribution in [2.45, 2.75) is 12.2 Å². The van der Waals surface area contributed by atoms with Crippen LogP contribution in [0.3, 0.4) is 0 Å². The number of carboxylic acid groups (broad SMARTS) is 1. The molecule has 1 rings (SSSR count). The first-order valence-electron chi connectivity index (χ1n) is 4.75. The zero-order valence-electron chi connectivity index (χ0n) is 8.79. The van der Waals surface area contributed by atoms with Crippen LogP contribution in [0.25, 0.3) is 0 Å². The molecule has 88 valence electrons. The van der Waals surface area contributed by atoms with Gasteiger partial charge in [-0.25, -0.2) is 4.79 Å². The van der Waals surface area contributed by atoms with Crippen molar-refractivity contribution < 1.29 is 20.1 Å². The maximum Gasteiger partial charge on any atom is 0.337 e. The van der Waals surface area contributed by atoms with E-state index in [0.29, 0.717) is 0 Å². The SMILES string of the molecule is CNCC(O)C(O)c1cncc(C(=O)O)c1. The van der Waals surface area contributed by atoms with Crippen molar-refractivity contribution in [3.8, 4) is 0 Å². The molecule has 0 aromatic carbocycles. The number of nitrogens with one attached hydrogen (secondary N) is 1. The van der Waals surface area contributed by atoms with Crippen molar-refractivity contribution in [1.29, 1.82) is 0 Å². The number of aromatic carboxylic acids is 1. The van der Waals surface area contributed by atoms with Crippen molar-refractivity contribution in [1.82, 2.24) is 10.3 Å². The molecule has 0 aliphatic heterocycles. The number of aliphatic hydroxyl groups is 2. The Kier molecular flexibility index (Phi) is 4.36. The standard InChI is InChI=1S/C10H14N2O4/c1-11-5-8(13)9(14)6-2-7(10(15)16)4-12-3-6/h2-4,8-9,11,13-14H,5H2,1H3,(H,15,16). The predicted molar refractivity (Wildman–Crippen MR) is 56.1 cm³/mol. The minimum Gasteiger partial charge on any atom is -0.478 e. The summed E-state index contributed by atoms with van der Waals surface area (Å²) in [5, 5.41) is 30.7. The third-order valence-electron chi connectivity index (χ3n) is 2.13. The quantitative estimate of drug-likeness (QED) is 0.534. The van der Waals surface area contributed by atoms with Gasteiger partial charge in [-0.3, -0.25) is 4.98 Å². The molecule has 0 bridgehead atoms. The fourth-order valence-corrected chi connectivity index (χ4v) is 1.28. The number of rotatable bonds is 5. The van der Waals surface area contributed by atoms with E-state index in [1.165, 1.54) is 18.5 Å². The zero-order chi connectivity index (χ0) is 12.1. The monoisotopic (exact) mass is 226 g/mol. The van der Waals surface area contributed by atoms with E-state index in [9.17, 15) is 15.0 Å². The highest BCUT2D eigenvalue weighted by atomic mass is 16.4. The molecule has 0 aliphatic rings. The van der Waals surface area contributed by atoms with Crippen molar-refractivity contribution in [2.75, 3.05) is 13.6 Å². The van der Waals surface area contributed by atoms with Gasteiger partial charge in [0.1, 0.15) is 6.10 Å². The number of carbonyl (C=O) groups is 1. The van der Waals surface area contributed by atoms with E-state index in [1.54, 1.807) is 7.05 Å². The van der Waals surface area contributed by atoms with Gasteiger partial charge in [0, 0.05) is 24.5 Å². The van der Waals surface area contributed by atoms with Gasteiger partial charge >= 0.3 is 5.97 Å². The van der Waals surface area contributed by atoms with Crippen LogP contribution < -0.4 is 5.32 Å². The van der Waals surface area contributed by atoms with Gasteiger partial charge in [-0.1, -0.05) is 0 Å². The molecule has 4 N–H and O–H groups in total. The van der Waals surface area contributed by atoms with E-state index >= 15 is 0 Å². The van der Waals surface area contributed by atoms with Gasteiger partial charge in [0.25, 0.3) is 0 Å². The van der Waals surface area contributed by atoms with Crippen LogP contribution in [0.1, 0.15) is 22.0 Å². The van der Waals surface area contributed by atoms with Gasteiger partial charge in [0.2, 0.25) is 0 Å². The summed E-state index contributed by atoms with van der Waals surface area (Å²) in [6.45, 7) is 0.207. The topological polar surface area (TPSA) is 103 Å². The van der Waals surface area contributed by atoms with E-state index in [0.717, 1.165) is 0 Å². The van der Waals surface area contributed by atoms with Gasteiger partial charge < -0.3 is 20.6 Å². The molecular formula is C10H14N2O4. The van der Waals surface area contributed by atoms with E-state index in [1.807, 2.05) is 0 Å². The molecule has 1 aromatic heterocycles. The molecule has 0 saturated heterocycles. The molecular weight excluding hydrogens is 212 g/mol. The van der Waals surface area contributed by atoms with E-state index in [4.69, 9.17) is 5.11 Å². The molecule has 16 heavy (non-hydrogen) atoms. The lowest BCUT2D eigenvalue weighted by atomic mass is 10.0. The van der Waals surface area contributed by atoms with Crippen LogP contribution in [-0.4, -0.2) is 46.0 Å². The van der Waals surface area contributed by atoms with Crippen molar-refractivity contribution in [3.63, 3.8) is 0 Å². The van der Waals surface area contributed by atoms with Gasteiger partial charge in [-0.05, 0) is 13.1 Å². The summed E-state index contributed by atoms with van der Waals surface area (Å²) in [6, 6.07) is 1.29. The number of hydrogen-bond acceptors (Lipinski definition) is 5. The Morgan fingerprint density at radius 1 is 1.50 bits per heavy atom. The Balaban J connectivity index is 2.86. The number of nitrogens with zero attached hydrogens (tertiary/aromatic N) is 1. The lowest BCUT2D eigenvalue weighted by molar-refractivity contribution is 0.0199. The summed E-state index contributed by atoms with van der Waals surface area (Å²) in [7, 11) is 1.64.